The molecule has 178 valence electrons. The second-order valence-corrected chi connectivity index (χ2v) is 9.52. The number of guanidine groups is 1. The van der Waals surface area contributed by atoms with E-state index >= 15 is 0 Å². The predicted molar refractivity (Wildman–Crippen MR) is 129 cm³/mol. The summed E-state index contributed by atoms with van der Waals surface area (Å²) in [5, 5.41) is 12.3. The zero-order valence-electron chi connectivity index (χ0n) is 19.3. The lowest BCUT2D eigenvalue weighted by atomic mass is 9.81. The molecule has 2 aliphatic heterocycles. The molecule has 9 heteroatoms. The van der Waals surface area contributed by atoms with E-state index in [0.717, 1.165) is 12.0 Å². The monoisotopic (exact) mass is 481 g/mol. The van der Waals surface area contributed by atoms with E-state index < -0.39 is 5.54 Å². The van der Waals surface area contributed by atoms with E-state index in [0.29, 0.717) is 47.7 Å². The number of hydrogen-bond acceptors (Lipinski definition) is 6. The van der Waals surface area contributed by atoms with Gasteiger partial charge in [-0.2, -0.15) is 5.26 Å². The Morgan fingerprint density at radius 2 is 2.24 bits per heavy atom. The second kappa shape index (κ2) is 9.61. The lowest BCUT2D eigenvalue weighted by Gasteiger charge is -2.42. The maximum Gasteiger partial charge on any atom is 0.255 e. The molecule has 8 nitrogen and oxygen atoms in total. The quantitative estimate of drug-likeness (QED) is 0.683. The Morgan fingerprint density at radius 1 is 1.44 bits per heavy atom. The van der Waals surface area contributed by atoms with Gasteiger partial charge in [0.25, 0.3) is 5.91 Å². The minimum absolute atomic E-state index is 0.0284. The van der Waals surface area contributed by atoms with Crippen molar-refractivity contribution in [1.29, 1.82) is 5.26 Å². The third-order valence-corrected chi connectivity index (χ3v) is 7.02. The van der Waals surface area contributed by atoms with E-state index in [-0.39, 0.29) is 36.3 Å². The van der Waals surface area contributed by atoms with Crippen LogP contribution in [0, 0.1) is 11.3 Å². The number of amides is 2. The first kappa shape index (κ1) is 24.0. The number of ether oxygens (including phenoxy) is 1. The van der Waals surface area contributed by atoms with Crippen molar-refractivity contribution >= 4 is 29.4 Å². The molecule has 1 aliphatic carbocycles. The van der Waals surface area contributed by atoms with Crippen LogP contribution in [0.15, 0.2) is 51.6 Å². The lowest BCUT2D eigenvalue weighted by Crippen LogP contribution is -2.57. The van der Waals surface area contributed by atoms with Crippen LogP contribution in [0.2, 0.25) is 0 Å². The molecule has 0 bridgehead atoms. The fourth-order valence-corrected chi connectivity index (χ4v) is 5.31. The average Bonchev–Trinajstić information content (AvgIpc) is 2.80. The van der Waals surface area contributed by atoms with Gasteiger partial charge in [0.05, 0.1) is 40.4 Å². The van der Waals surface area contributed by atoms with E-state index in [9.17, 15) is 9.59 Å². The van der Waals surface area contributed by atoms with E-state index in [2.05, 4.69) is 5.32 Å². The highest BCUT2D eigenvalue weighted by atomic mass is 35.5. The van der Waals surface area contributed by atoms with Crippen molar-refractivity contribution < 1.29 is 14.3 Å². The molecule has 1 saturated heterocycles. The van der Waals surface area contributed by atoms with Crippen molar-refractivity contribution in [2.24, 2.45) is 10.7 Å². The number of allylic oxidation sites excluding steroid dienone is 2. The number of rotatable bonds is 4. The number of nitriles is 1. The summed E-state index contributed by atoms with van der Waals surface area (Å²) < 4.78 is 5.61. The standard InChI is InChI=1S/C25H28ClN5O3/c1-15-11-18(9-10-34-15)31-21(32)13-25(2,30-24(31)28)19-7-4-8-20(22(19)26)29-23(33)17-6-3-5-16(12-17)14-27/h3,5-6,8,12,15,18H,4,7,9-11,13H2,1-2H3,(H2,28,30)(H,29,33)/t15-,18-,25+/m1/s1. The van der Waals surface area contributed by atoms with Gasteiger partial charge in [0.1, 0.15) is 0 Å². The molecule has 1 aromatic carbocycles. The number of nitrogens with zero attached hydrogens (tertiary/aromatic N) is 3. The van der Waals surface area contributed by atoms with E-state index in [1.165, 1.54) is 6.07 Å². The summed E-state index contributed by atoms with van der Waals surface area (Å²) in [5.74, 6) is -0.252. The first-order valence-corrected chi connectivity index (χ1v) is 11.8. The highest BCUT2D eigenvalue weighted by molar-refractivity contribution is 6.33. The van der Waals surface area contributed by atoms with Gasteiger partial charge in [0, 0.05) is 18.2 Å². The van der Waals surface area contributed by atoms with Gasteiger partial charge >= 0.3 is 0 Å². The van der Waals surface area contributed by atoms with Gasteiger partial charge in [0.15, 0.2) is 5.96 Å². The van der Waals surface area contributed by atoms with Gasteiger partial charge in [-0.3, -0.25) is 14.5 Å². The van der Waals surface area contributed by atoms with Crippen LogP contribution in [0.3, 0.4) is 0 Å². The van der Waals surface area contributed by atoms with Crippen molar-refractivity contribution in [3.8, 4) is 6.07 Å². The summed E-state index contributed by atoms with van der Waals surface area (Å²) >= 11 is 6.75. The minimum Gasteiger partial charge on any atom is -0.378 e. The number of halogens is 1. The molecule has 3 atom stereocenters. The Morgan fingerprint density at radius 3 is 2.94 bits per heavy atom. The summed E-state index contributed by atoms with van der Waals surface area (Å²) in [5.41, 5.74) is 7.44. The highest BCUT2D eigenvalue weighted by Crippen LogP contribution is 2.40. The summed E-state index contributed by atoms with van der Waals surface area (Å²) in [7, 11) is 0. The van der Waals surface area contributed by atoms with Crippen LogP contribution >= 0.6 is 11.6 Å². The average molecular weight is 482 g/mol. The third-order valence-electron chi connectivity index (χ3n) is 6.59. The third kappa shape index (κ3) is 4.72. The van der Waals surface area contributed by atoms with Crippen molar-refractivity contribution in [3.63, 3.8) is 0 Å². The number of aliphatic imine (C=N–C) groups is 1. The van der Waals surface area contributed by atoms with Gasteiger partial charge in [0.2, 0.25) is 5.91 Å². The van der Waals surface area contributed by atoms with Crippen molar-refractivity contribution in [1.82, 2.24) is 10.2 Å². The molecular weight excluding hydrogens is 454 g/mol. The molecule has 0 radical (unpaired) electrons. The van der Waals surface area contributed by atoms with Crippen LogP contribution < -0.4 is 11.1 Å². The Balaban J connectivity index is 1.57. The van der Waals surface area contributed by atoms with Gasteiger partial charge in [-0.15, -0.1) is 0 Å². The van der Waals surface area contributed by atoms with Crippen molar-refractivity contribution in [2.45, 2.75) is 63.6 Å². The molecule has 2 amide bonds. The highest BCUT2D eigenvalue weighted by Gasteiger charge is 2.43. The Labute approximate surface area is 204 Å². The van der Waals surface area contributed by atoms with E-state index in [1.807, 2.05) is 26.0 Å². The number of carbonyl (C=O) groups is 2. The van der Waals surface area contributed by atoms with Crippen LogP contribution in [0.1, 0.15) is 61.9 Å². The molecule has 1 fully saturated rings. The fraction of sp³-hybridized carbons (Fsp3) is 0.440. The molecular formula is C25H28ClN5O3. The maximum atomic E-state index is 13.2. The van der Waals surface area contributed by atoms with Crippen LogP contribution in [0.4, 0.5) is 0 Å². The summed E-state index contributed by atoms with van der Waals surface area (Å²) in [6.45, 7) is 4.44. The topological polar surface area (TPSA) is 121 Å². The fourth-order valence-electron chi connectivity index (χ4n) is 4.89. The van der Waals surface area contributed by atoms with Gasteiger partial charge in [-0.05, 0) is 63.3 Å². The smallest absolute Gasteiger partial charge is 0.255 e. The first-order chi connectivity index (χ1) is 16.2. The largest absolute Gasteiger partial charge is 0.378 e. The van der Waals surface area contributed by atoms with Crippen LogP contribution in [-0.2, 0) is 9.53 Å². The molecule has 0 saturated carbocycles. The maximum absolute atomic E-state index is 13.2. The minimum atomic E-state index is -0.892. The van der Waals surface area contributed by atoms with E-state index in [4.69, 9.17) is 32.3 Å². The van der Waals surface area contributed by atoms with Crippen LogP contribution in [0.25, 0.3) is 0 Å². The zero-order valence-corrected chi connectivity index (χ0v) is 20.1. The molecule has 3 N–H and O–H groups in total. The summed E-state index contributed by atoms with van der Waals surface area (Å²) in [4.78, 5) is 32.4. The van der Waals surface area contributed by atoms with Crippen molar-refractivity contribution in [3.05, 3.63) is 57.8 Å². The molecule has 0 spiro atoms. The molecule has 4 rings (SSSR count). The number of hydrogen-bond donors (Lipinski definition) is 2. The number of benzene rings is 1. The lowest BCUT2D eigenvalue weighted by molar-refractivity contribution is -0.133. The molecule has 1 aromatic rings. The van der Waals surface area contributed by atoms with Crippen LogP contribution in [0.5, 0.6) is 0 Å². The van der Waals surface area contributed by atoms with Gasteiger partial charge < -0.3 is 15.8 Å². The summed E-state index contributed by atoms with van der Waals surface area (Å²) in [6.07, 6.45) is 4.75. The van der Waals surface area contributed by atoms with E-state index in [1.54, 1.807) is 23.1 Å². The summed E-state index contributed by atoms with van der Waals surface area (Å²) in [6, 6.07) is 8.45. The molecule has 0 unspecified atom stereocenters. The normalized spacial score (nSPS) is 27.6. The Bertz CT molecular complexity index is 1150. The Hall–Kier alpha value is -3.15. The van der Waals surface area contributed by atoms with Crippen LogP contribution in [-0.4, -0.2) is 47.0 Å². The zero-order chi connectivity index (χ0) is 24.5. The molecule has 3 aliphatic rings. The molecule has 0 aromatic heterocycles. The molecule has 2 heterocycles. The second-order valence-electron chi connectivity index (χ2n) is 9.14. The predicted octanol–water partition coefficient (Wildman–Crippen LogP) is 3.33. The van der Waals surface area contributed by atoms with Gasteiger partial charge in [-0.25, -0.2) is 4.99 Å². The molecule has 34 heavy (non-hydrogen) atoms. The Kier molecular flexibility index (Phi) is 6.78. The first-order valence-electron chi connectivity index (χ1n) is 11.4. The SMILES string of the molecule is C[C@@H]1C[C@H](N2C(=O)C[C@@](C)(C3=C(Cl)C(NC(=O)c4cccc(C#N)c4)=CCC3)N=C2N)CCO1. The number of nitrogens with two attached hydrogens (primary N) is 1. The number of nitrogens with one attached hydrogen (secondary N) is 1. The van der Waals surface area contributed by atoms with Gasteiger partial charge in [-0.1, -0.05) is 23.7 Å². The van der Waals surface area contributed by atoms with Crippen molar-refractivity contribution in [2.75, 3.05) is 6.61 Å². The number of carbonyl (C=O) groups excluding carboxylic acids is 2.